The summed E-state index contributed by atoms with van der Waals surface area (Å²) in [4.78, 5) is 3.96. The van der Waals surface area contributed by atoms with Crippen LogP contribution in [-0.2, 0) is 10.0 Å². The second kappa shape index (κ2) is 5.58. The van der Waals surface area contributed by atoms with Gasteiger partial charge in [-0.3, -0.25) is 9.71 Å². The van der Waals surface area contributed by atoms with Gasteiger partial charge in [0.2, 0.25) is 0 Å². The molecule has 0 atom stereocenters. The number of nitrogens with zero attached hydrogens (tertiary/aromatic N) is 1. The molecule has 0 amide bonds. The van der Waals surface area contributed by atoms with Crippen molar-refractivity contribution in [1.29, 1.82) is 0 Å². The highest BCUT2D eigenvalue weighted by molar-refractivity contribution is 9.10. The van der Waals surface area contributed by atoms with Crippen LogP contribution in [0.4, 0.5) is 11.4 Å². The Kier molecular flexibility index (Phi) is 4.06. The van der Waals surface area contributed by atoms with Crippen molar-refractivity contribution in [3.8, 4) is 0 Å². The molecular formula is C12H12BrN3O2S. The summed E-state index contributed by atoms with van der Waals surface area (Å²) >= 11 is 3.30. The van der Waals surface area contributed by atoms with Crippen molar-refractivity contribution >= 4 is 37.3 Å². The van der Waals surface area contributed by atoms with E-state index < -0.39 is 10.0 Å². The molecule has 2 rings (SSSR count). The molecule has 1 heterocycles. The molecule has 0 aliphatic carbocycles. The molecule has 19 heavy (non-hydrogen) atoms. The monoisotopic (exact) mass is 341 g/mol. The average Bonchev–Trinajstić information content (AvgIpc) is 2.41. The third-order valence-electron chi connectivity index (χ3n) is 2.44. The summed E-state index contributed by atoms with van der Waals surface area (Å²) in [5, 5.41) is 2.83. The summed E-state index contributed by atoms with van der Waals surface area (Å²) in [6.07, 6.45) is 2.84. The molecule has 2 N–H and O–H groups in total. The summed E-state index contributed by atoms with van der Waals surface area (Å²) in [7, 11) is -2.00. The number of aromatic nitrogens is 1. The first-order valence-corrected chi connectivity index (χ1v) is 7.71. The van der Waals surface area contributed by atoms with E-state index in [4.69, 9.17) is 0 Å². The molecule has 1 aromatic carbocycles. The maximum atomic E-state index is 12.3. The van der Waals surface area contributed by atoms with E-state index in [-0.39, 0.29) is 4.90 Å². The molecule has 0 unspecified atom stereocenters. The van der Waals surface area contributed by atoms with Gasteiger partial charge in [-0.05, 0) is 30.3 Å². The molecule has 0 fully saturated rings. The van der Waals surface area contributed by atoms with Crippen LogP contribution in [0, 0.1) is 0 Å². The number of rotatable bonds is 4. The number of anilines is 2. The zero-order valence-corrected chi connectivity index (χ0v) is 12.5. The van der Waals surface area contributed by atoms with Crippen molar-refractivity contribution in [3.63, 3.8) is 0 Å². The van der Waals surface area contributed by atoms with E-state index in [0.717, 1.165) is 4.47 Å². The van der Waals surface area contributed by atoms with Crippen LogP contribution in [0.25, 0.3) is 0 Å². The van der Waals surface area contributed by atoms with Gasteiger partial charge in [-0.1, -0.05) is 15.9 Å². The Morgan fingerprint density at radius 1 is 1.16 bits per heavy atom. The number of sulfonamides is 1. The van der Waals surface area contributed by atoms with Gasteiger partial charge in [-0.15, -0.1) is 0 Å². The van der Waals surface area contributed by atoms with Crippen LogP contribution in [0.5, 0.6) is 0 Å². The van der Waals surface area contributed by atoms with E-state index in [9.17, 15) is 8.42 Å². The van der Waals surface area contributed by atoms with Crippen molar-refractivity contribution in [2.75, 3.05) is 17.1 Å². The lowest BCUT2D eigenvalue weighted by Gasteiger charge is -2.11. The van der Waals surface area contributed by atoms with Crippen molar-refractivity contribution in [1.82, 2.24) is 4.98 Å². The van der Waals surface area contributed by atoms with Crippen molar-refractivity contribution in [2.45, 2.75) is 4.90 Å². The minimum Gasteiger partial charge on any atom is -0.387 e. The van der Waals surface area contributed by atoms with Crippen LogP contribution in [0.3, 0.4) is 0 Å². The average molecular weight is 342 g/mol. The highest BCUT2D eigenvalue weighted by atomic mass is 79.9. The number of benzene rings is 1. The zero-order chi connectivity index (χ0) is 13.9. The summed E-state index contributed by atoms with van der Waals surface area (Å²) in [5.74, 6) is 0. The van der Waals surface area contributed by atoms with Gasteiger partial charge in [-0.2, -0.15) is 0 Å². The Bertz CT molecular complexity index is 672. The van der Waals surface area contributed by atoms with E-state index in [2.05, 4.69) is 31.0 Å². The maximum Gasteiger partial charge on any atom is 0.265 e. The standard InChI is InChI=1S/C12H12BrN3O2S/c1-14-11-6-7-15-8-12(11)19(17,18)16-10-4-2-9(13)3-5-10/h2-8,16H,1H3,(H,14,15). The molecule has 7 heteroatoms. The molecule has 0 aliphatic heterocycles. The van der Waals surface area contributed by atoms with Gasteiger partial charge in [0.25, 0.3) is 10.0 Å². The molecule has 0 radical (unpaired) electrons. The van der Waals surface area contributed by atoms with Crippen molar-refractivity contribution in [3.05, 3.63) is 47.2 Å². The predicted octanol–water partition coefficient (Wildman–Crippen LogP) is 2.69. The Labute approximate surface area is 120 Å². The smallest absolute Gasteiger partial charge is 0.265 e. The van der Waals surface area contributed by atoms with Gasteiger partial charge < -0.3 is 5.32 Å². The number of hydrogen-bond acceptors (Lipinski definition) is 4. The number of halogens is 1. The van der Waals surface area contributed by atoms with Crippen LogP contribution >= 0.6 is 15.9 Å². The predicted molar refractivity (Wildman–Crippen MR) is 78.7 cm³/mol. The van der Waals surface area contributed by atoms with Crippen LogP contribution in [0.15, 0.2) is 52.1 Å². The SMILES string of the molecule is CNc1ccncc1S(=O)(=O)Nc1ccc(Br)cc1. The van der Waals surface area contributed by atoms with Crippen LogP contribution in [-0.4, -0.2) is 20.4 Å². The van der Waals surface area contributed by atoms with Crippen LogP contribution in [0.1, 0.15) is 0 Å². The largest absolute Gasteiger partial charge is 0.387 e. The Morgan fingerprint density at radius 3 is 2.47 bits per heavy atom. The molecule has 1 aromatic heterocycles. The fourth-order valence-corrected chi connectivity index (χ4v) is 3.01. The van der Waals surface area contributed by atoms with E-state index in [1.807, 2.05) is 0 Å². The second-order valence-corrected chi connectivity index (χ2v) is 6.30. The normalized spacial score (nSPS) is 11.1. The molecule has 0 saturated carbocycles. The Morgan fingerprint density at radius 2 is 1.84 bits per heavy atom. The van der Waals surface area contributed by atoms with E-state index >= 15 is 0 Å². The Balaban J connectivity index is 2.35. The first-order valence-electron chi connectivity index (χ1n) is 5.43. The Hall–Kier alpha value is -1.60. The third kappa shape index (κ3) is 3.24. The molecule has 0 spiro atoms. The molecule has 0 aliphatic rings. The lowest BCUT2D eigenvalue weighted by Crippen LogP contribution is -2.15. The number of hydrogen-bond donors (Lipinski definition) is 2. The van der Waals surface area contributed by atoms with Gasteiger partial charge in [0, 0.05) is 29.6 Å². The summed E-state index contributed by atoms with van der Waals surface area (Å²) in [6.45, 7) is 0. The van der Waals surface area contributed by atoms with Gasteiger partial charge in [0.15, 0.2) is 0 Å². The highest BCUT2D eigenvalue weighted by Gasteiger charge is 2.18. The molecule has 100 valence electrons. The lowest BCUT2D eigenvalue weighted by atomic mass is 10.3. The summed E-state index contributed by atoms with van der Waals surface area (Å²) < 4.78 is 27.9. The van der Waals surface area contributed by atoms with Gasteiger partial charge in [-0.25, -0.2) is 8.42 Å². The van der Waals surface area contributed by atoms with Crippen LogP contribution in [0.2, 0.25) is 0 Å². The molecular weight excluding hydrogens is 330 g/mol. The number of nitrogens with one attached hydrogen (secondary N) is 2. The highest BCUT2D eigenvalue weighted by Crippen LogP contribution is 2.23. The zero-order valence-electron chi connectivity index (χ0n) is 10.1. The fraction of sp³-hybridized carbons (Fsp3) is 0.0833. The molecule has 5 nitrogen and oxygen atoms in total. The fourth-order valence-electron chi connectivity index (χ4n) is 1.53. The van der Waals surface area contributed by atoms with E-state index in [0.29, 0.717) is 11.4 Å². The molecule has 0 bridgehead atoms. The first kappa shape index (κ1) is 13.8. The molecule has 0 saturated heterocycles. The first-order chi connectivity index (χ1) is 9.03. The van der Waals surface area contributed by atoms with Crippen LogP contribution < -0.4 is 10.0 Å². The van der Waals surface area contributed by atoms with Gasteiger partial charge in [0.05, 0.1) is 5.69 Å². The lowest BCUT2D eigenvalue weighted by molar-refractivity contribution is 0.601. The van der Waals surface area contributed by atoms with Crippen molar-refractivity contribution in [2.24, 2.45) is 0 Å². The maximum absolute atomic E-state index is 12.3. The van der Waals surface area contributed by atoms with Gasteiger partial charge >= 0.3 is 0 Å². The van der Waals surface area contributed by atoms with Gasteiger partial charge in [0.1, 0.15) is 4.90 Å². The number of pyridine rings is 1. The van der Waals surface area contributed by atoms with E-state index in [1.165, 1.54) is 12.4 Å². The quantitative estimate of drug-likeness (QED) is 0.896. The minimum absolute atomic E-state index is 0.111. The minimum atomic E-state index is -3.66. The second-order valence-electron chi connectivity index (χ2n) is 3.73. The summed E-state index contributed by atoms with van der Waals surface area (Å²) in [5.41, 5.74) is 0.994. The third-order valence-corrected chi connectivity index (χ3v) is 4.38. The molecule has 2 aromatic rings. The summed E-state index contributed by atoms with van der Waals surface area (Å²) in [6, 6.07) is 8.49. The van der Waals surface area contributed by atoms with E-state index in [1.54, 1.807) is 37.4 Å². The topological polar surface area (TPSA) is 71.1 Å². The van der Waals surface area contributed by atoms with Crippen molar-refractivity contribution < 1.29 is 8.42 Å².